The molecule has 2 aromatic carbocycles. The van der Waals surface area contributed by atoms with E-state index in [1.165, 1.54) is 24.3 Å². The minimum atomic E-state index is -0.503. The van der Waals surface area contributed by atoms with Crippen LogP contribution >= 0.6 is 11.6 Å². The van der Waals surface area contributed by atoms with E-state index in [9.17, 15) is 9.90 Å². The summed E-state index contributed by atoms with van der Waals surface area (Å²) < 4.78 is 0. The number of benzene rings is 2. The maximum atomic E-state index is 12.0. The van der Waals surface area contributed by atoms with E-state index < -0.39 is 5.91 Å². The topological polar surface area (TPSA) is 101 Å². The summed E-state index contributed by atoms with van der Waals surface area (Å²) in [6, 6.07) is 8.96. The standard InChI is InChI=1S/C13H12ClN3O2/c14-10-6-8(16)1-3-11(10)17-13(19)9-5-7(15)2-4-12(9)18/h1-6,18H,15-16H2,(H,17,19). The zero-order valence-electron chi connectivity index (χ0n) is 9.85. The highest BCUT2D eigenvalue weighted by atomic mass is 35.5. The Bertz CT molecular complexity index is 644. The van der Waals surface area contributed by atoms with Crippen molar-refractivity contribution in [2.45, 2.75) is 0 Å². The number of carbonyl (C=O) groups is 1. The summed E-state index contributed by atoms with van der Waals surface area (Å²) in [6.45, 7) is 0. The first-order valence-electron chi connectivity index (χ1n) is 5.42. The Morgan fingerprint density at radius 1 is 1.11 bits per heavy atom. The van der Waals surface area contributed by atoms with Gasteiger partial charge in [0.1, 0.15) is 5.75 Å². The number of halogens is 1. The molecule has 0 saturated heterocycles. The van der Waals surface area contributed by atoms with Gasteiger partial charge in [-0.2, -0.15) is 0 Å². The zero-order chi connectivity index (χ0) is 14.0. The molecule has 98 valence electrons. The van der Waals surface area contributed by atoms with Gasteiger partial charge >= 0.3 is 0 Å². The van der Waals surface area contributed by atoms with Crippen molar-refractivity contribution in [3.8, 4) is 5.75 Å². The fourth-order valence-electron chi connectivity index (χ4n) is 1.56. The number of hydrogen-bond acceptors (Lipinski definition) is 4. The van der Waals surface area contributed by atoms with E-state index in [2.05, 4.69) is 5.32 Å². The normalized spacial score (nSPS) is 10.2. The summed E-state index contributed by atoms with van der Waals surface area (Å²) in [6.07, 6.45) is 0. The quantitative estimate of drug-likeness (QED) is 0.500. The van der Waals surface area contributed by atoms with Crippen LogP contribution in [0.15, 0.2) is 36.4 Å². The molecule has 0 aromatic heterocycles. The Morgan fingerprint density at radius 3 is 2.42 bits per heavy atom. The van der Waals surface area contributed by atoms with E-state index in [1.807, 2.05) is 0 Å². The summed E-state index contributed by atoms with van der Waals surface area (Å²) in [5, 5.41) is 12.5. The Labute approximate surface area is 114 Å². The van der Waals surface area contributed by atoms with Crippen LogP contribution in [0.1, 0.15) is 10.4 Å². The molecule has 5 nitrogen and oxygen atoms in total. The number of phenolic OH excluding ortho intramolecular Hbond substituents is 1. The third kappa shape index (κ3) is 2.89. The van der Waals surface area contributed by atoms with Crippen LogP contribution in [0.25, 0.3) is 0 Å². The molecule has 0 aliphatic heterocycles. The molecular weight excluding hydrogens is 266 g/mol. The van der Waals surface area contributed by atoms with Gasteiger partial charge in [-0.25, -0.2) is 0 Å². The molecule has 2 rings (SSSR count). The van der Waals surface area contributed by atoms with Gasteiger partial charge in [-0.1, -0.05) is 11.6 Å². The number of amides is 1. The monoisotopic (exact) mass is 277 g/mol. The summed E-state index contributed by atoms with van der Waals surface area (Å²) in [5.74, 6) is -0.658. The van der Waals surface area contributed by atoms with Gasteiger partial charge in [0.05, 0.1) is 16.3 Å². The van der Waals surface area contributed by atoms with Gasteiger partial charge in [0, 0.05) is 11.4 Å². The molecule has 2 aromatic rings. The van der Waals surface area contributed by atoms with E-state index in [1.54, 1.807) is 12.1 Å². The second kappa shape index (κ2) is 5.07. The van der Waals surface area contributed by atoms with Crippen LogP contribution in [0.2, 0.25) is 5.02 Å². The van der Waals surface area contributed by atoms with Crippen molar-refractivity contribution < 1.29 is 9.90 Å². The lowest BCUT2D eigenvalue weighted by Gasteiger charge is -2.09. The van der Waals surface area contributed by atoms with E-state index in [0.717, 1.165) is 0 Å². The molecule has 1 amide bonds. The number of rotatable bonds is 2. The van der Waals surface area contributed by atoms with Crippen molar-refractivity contribution in [1.82, 2.24) is 0 Å². The van der Waals surface area contributed by atoms with Crippen molar-refractivity contribution in [3.05, 3.63) is 47.0 Å². The molecule has 0 radical (unpaired) electrons. The van der Waals surface area contributed by atoms with Crippen LogP contribution in [0.5, 0.6) is 5.75 Å². The number of nitrogens with one attached hydrogen (secondary N) is 1. The number of nitrogens with two attached hydrogens (primary N) is 2. The molecule has 0 saturated carbocycles. The van der Waals surface area contributed by atoms with Crippen molar-refractivity contribution >= 4 is 34.6 Å². The van der Waals surface area contributed by atoms with Gasteiger partial charge in [-0.15, -0.1) is 0 Å². The number of carbonyl (C=O) groups excluding carboxylic acids is 1. The van der Waals surface area contributed by atoms with Crippen LogP contribution in [0.4, 0.5) is 17.1 Å². The fourth-order valence-corrected chi connectivity index (χ4v) is 1.79. The fraction of sp³-hybridized carbons (Fsp3) is 0. The first kappa shape index (κ1) is 13.0. The van der Waals surface area contributed by atoms with Crippen LogP contribution < -0.4 is 16.8 Å². The number of phenols is 1. The van der Waals surface area contributed by atoms with Crippen molar-refractivity contribution in [1.29, 1.82) is 0 Å². The van der Waals surface area contributed by atoms with E-state index in [-0.39, 0.29) is 11.3 Å². The molecule has 6 heteroatoms. The minimum absolute atomic E-state index is 0.0768. The van der Waals surface area contributed by atoms with Crippen LogP contribution in [-0.2, 0) is 0 Å². The summed E-state index contributed by atoms with van der Waals surface area (Å²) in [4.78, 5) is 12.0. The highest BCUT2D eigenvalue weighted by Gasteiger charge is 2.13. The third-order valence-electron chi connectivity index (χ3n) is 2.51. The lowest BCUT2D eigenvalue weighted by Crippen LogP contribution is -2.13. The van der Waals surface area contributed by atoms with E-state index in [4.69, 9.17) is 23.1 Å². The summed E-state index contributed by atoms with van der Waals surface area (Å²) in [7, 11) is 0. The number of aromatic hydroxyl groups is 1. The van der Waals surface area contributed by atoms with Gasteiger partial charge in [-0.3, -0.25) is 4.79 Å². The largest absolute Gasteiger partial charge is 0.507 e. The number of nitrogen functional groups attached to an aromatic ring is 2. The van der Waals surface area contributed by atoms with E-state index in [0.29, 0.717) is 22.1 Å². The van der Waals surface area contributed by atoms with Crippen molar-refractivity contribution in [2.75, 3.05) is 16.8 Å². The molecule has 0 fully saturated rings. The number of hydrogen-bond donors (Lipinski definition) is 4. The second-order valence-electron chi connectivity index (χ2n) is 3.97. The van der Waals surface area contributed by atoms with Crippen LogP contribution in [0, 0.1) is 0 Å². The van der Waals surface area contributed by atoms with Gasteiger partial charge in [0.2, 0.25) is 0 Å². The molecule has 0 unspecified atom stereocenters. The van der Waals surface area contributed by atoms with Crippen LogP contribution in [-0.4, -0.2) is 11.0 Å². The molecule has 0 atom stereocenters. The highest BCUT2D eigenvalue weighted by molar-refractivity contribution is 6.34. The first-order valence-corrected chi connectivity index (χ1v) is 5.80. The molecule has 0 bridgehead atoms. The Hall–Kier alpha value is -2.40. The van der Waals surface area contributed by atoms with Crippen LogP contribution in [0.3, 0.4) is 0 Å². The highest BCUT2D eigenvalue weighted by Crippen LogP contribution is 2.26. The Morgan fingerprint density at radius 2 is 1.74 bits per heavy atom. The average Bonchev–Trinajstić information content (AvgIpc) is 2.35. The van der Waals surface area contributed by atoms with Gasteiger partial charge in [-0.05, 0) is 36.4 Å². The van der Waals surface area contributed by atoms with Crippen molar-refractivity contribution in [2.24, 2.45) is 0 Å². The molecule has 0 heterocycles. The molecular formula is C13H12ClN3O2. The zero-order valence-corrected chi connectivity index (χ0v) is 10.6. The lowest BCUT2D eigenvalue weighted by atomic mass is 10.1. The maximum absolute atomic E-state index is 12.0. The maximum Gasteiger partial charge on any atom is 0.259 e. The molecule has 0 aliphatic carbocycles. The number of anilines is 3. The third-order valence-corrected chi connectivity index (χ3v) is 2.82. The van der Waals surface area contributed by atoms with Gasteiger partial charge < -0.3 is 21.9 Å². The summed E-state index contributed by atoms with van der Waals surface area (Å²) >= 11 is 5.95. The predicted molar refractivity (Wildman–Crippen MR) is 76.3 cm³/mol. The predicted octanol–water partition coefficient (Wildman–Crippen LogP) is 2.46. The molecule has 0 spiro atoms. The molecule has 0 aliphatic rings. The average molecular weight is 278 g/mol. The lowest BCUT2D eigenvalue weighted by molar-refractivity contribution is 0.102. The smallest absolute Gasteiger partial charge is 0.259 e. The first-order chi connectivity index (χ1) is 8.97. The minimum Gasteiger partial charge on any atom is -0.507 e. The van der Waals surface area contributed by atoms with E-state index >= 15 is 0 Å². The molecule has 6 N–H and O–H groups in total. The SMILES string of the molecule is Nc1ccc(NC(=O)c2cc(N)ccc2O)c(Cl)c1. The van der Waals surface area contributed by atoms with Crippen molar-refractivity contribution in [3.63, 3.8) is 0 Å². The Kier molecular flexibility index (Phi) is 3.48. The van der Waals surface area contributed by atoms with Gasteiger partial charge in [0.25, 0.3) is 5.91 Å². The second-order valence-corrected chi connectivity index (χ2v) is 4.38. The molecule has 19 heavy (non-hydrogen) atoms. The Balaban J connectivity index is 2.28. The summed E-state index contributed by atoms with van der Waals surface area (Å²) in [5.41, 5.74) is 12.5. The van der Waals surface area contributed by atoms with Gasteiger partial charge in [0.15, 0.2) is 0 Å².